The van der Waals surface area contributed by atoms with Crippen LogP contribution in [0.15, 0.2) is 6.07 Å². The number of carbonyl (C=O) groups is 1. The molecular formula is C18H30N2O2S. The summed E-state index contributed by atoms with van der Waals surface area (Å²) in [5.74, 6) is 0. The van der Waals surface area contributed by atoms with Crippen LogP contribution in [-0.2, 0) is 11.3 Å². The Morgan fingerprint density at radius 1 is 1.39 bits per heavy atom. The van der Waals surface area contributed by atoms with Gasteiger partial charge in [0.1, 0.15) is 5.60 Å². The number of hydrogen-bond donors (Lipinski definition) is 1. The fourth-order valence-electron chi connectivity index (χ4n) is 2.59. The summed E-state index contributed by atoms with van der Waals surface area (Å²) >= 11 is 1.85. The quantitative estimate of drug-likeness (QED) is 0.756. The zero-order valence-corrected chi connectivity index (χ0v) is 15.9. The normalized spacial score (nSPS) is 14.8. The molecule has 0 saturated heterocycles. The van der Waals surface area contributed by atoms with Gasteiger partial charge in [-0.1, -0.05) is 0 Å². The monoisotopic (exact) mass is 338 g/mol. The van der Waals surface area contributed by atoms with Crippen molar-refractivity contribution in [3.63, 3.8) is 0 Å². The molecule has 23 heavy (non-hydrogen) atoms. The zero-order chi connectivity index (χ0) is 17.0. The zero-order valence-electron chi connectivity index (χ0n) is 15.1. The Morgan fingerprint density at radius 2 is 2.09 bits per heavy atom. The molecule has 1 aromatic rings. The number of hydrogen-bond acceptors (Lipinski definition) is 4. The van der Waals surface area contributed by atoms with Gasteiger partial charge in [0.15, 0.2) is 0 Å². The van der Waals surface area contributed by atoms with E-state index in [4.69, 9.17) is 4.74 Å². The molecule has 0 bridgehead atoms. The average Bonchev–Trinajstić information content (AvgIpc) is 3.18. The van der Waals surface area contributed by atoms with E-state index in [9.17, 15) is 4.79 Å². The van der Waals surface area contributed by atoms with E-state index >= 15 is 0 Å². The lowest BCUT2D eigenvalue weighted by Crippen LogP contribution is -2.39. The molecule has 1 aliphatic rings. The molecule has 130 valence electrons. The first-order valence-electron chi connectivity index (χ1n) is 8.52. The van der Waals surface area contributed by atoms with Crippen molar-refractivity contribution in [3.05, 3.63) is 21.4 Å². The maximum atomic E-state index is 12.3. The smallest absolute Gasteiger partial charge is 0.410 e. The maximum Gasteiger partial charge on any atom is 0.410 e. The van der Waals surface area contributed by atoms with Crippen molar-refractivity contribution in [1.29, 1.82) is 0 Å². The predicted octanol–water partition coefficient (Wildman–Crippen LogP) is 4.24. The van der Waals surface area contributed by atoms with Crippen molar-refractivity contribution in [3.8, 4) is 0 Å². The van der Waals surface area contributed by atoms with E-state index in [1.165, 1.54) is 15.3 Å². The van der Waals surface area contributed by atoms with E-state index in [1.807, 2.05) is 37.0 Å². The van der Waals surface area contributed by atoms with Crippen molar-refractivity contribution < 1.29 is 9.53 Å². The highest BCUT2D eigenvalue weighted by Gasteiger charge is 2.34. The molecule has 0 atom stereocenters. The van der Waals surface area contributed by atoms with Gasteiger partial charge in [-0.3, -0.25) is 0 Å². The van der Waals surface area contributed by atoms with Crippen molar-refractivity contribution in [2.24, 2.45) is 0 Å². The van der Waals surface area contributed by atoms with Crippen LogP contribution < -0.4 is 5.32 Å². The van der Waals surface area contributed by atoms with Gasteiger partial charge in [-0.05, 0) is 72.1 Å². The molecule has 0 aromatic carbocycles. The average molecular weight is 339 g/mol. The van der Waals surface area contributed by atoms with Crippen LogP contribution in [-0.4, -0.2) is 35.7 Å². The Labute approximate surface area is 144 Å². The molecule has 5 heteroatoms. The Morgan fingerprint density at radius 3 is 2.61 bits per heavy atom. The second-order valence-electron chi connectivity index (χ2n) is 7.37. The highest BCUT2D eigenvalue weighted by Crippen LogP contribution is 2.28. The van der Waals surface area contributed by atoms with Crippen LogP contribution in [0.5, 0.6) is 0 Å². The summed E-state index contributed by atoms with van der Waals surface area (Å²) in [7, 11) is 0. The SMILES string of the molecule is Cc1cc(CNCCCN(C(=O)OC(C)(C)C)C2CC2)c(C)s1. The molecule has 1 heterocycles. The van der Waals surface area contributed by atoms with Gasteiger partial charge < -0.3 is 15.0 Å². The van der Waals surface area contributed by atoms with Crippen molar-refractivity contribution in [1.82, 2.24) is 10.2 Å². The Bertz CT molecular complexity index is 530. The summed E-state index contributed by atoms with van der Waals surface area (Å²) in [5.41, 5.74) is 0.968. The number of ether oxygens (including phenoxy) is 1. The van der Waals surface area contributed by atoms with Crippen molar-refractivity contribution in [2.75, 3.05) is 13.1 Å². The lowest BCUT2D eigenvalue weighted by Gasteiger charge is -2.27. The number of thiophene rings is 1. The van der Waals surface area contributed by atoms with Gasteiger partial charge in [0, 0.05) is 28.9 Å². The van der Waals surface area contributed by atoms with E-state index in [0.717, 1.165) is 38.9 Å². The molecule has 4 nitrogen and oxygen atoms in total. The van der Waals surface area contributed by atoms with E-state index in [2.05, 4.69) is 25.2 Å². The lowest BCUT2D eigenvalue weighted by atomic mass is 10.2. The summed E-state index contributed by atoms with van der Waals surface area (Å²) < 4.78 is 5.51. The van der Waals surface area contributed by atoms with Gasteiger partial charge in [0.2, 0.25) is 0 Å². The number of rotatable bonds is 7. The third-order valence-corrected chi connectivity index (χ3v) is 4.84. The first-order valence-corrected chi connectivity index (χ1v) is 9.34. The van der Waals surface area contributed by atoms with Crippen LogP contribution in [0, 0.1) is 13.8 Å². The van der Waals surface area contributed by atoms with Crippen LogP contribution in [0.1, 0.15) is 55.4 Å². The molecule has 2 rings (SSSR count). The summed E-state index contributed by atoms with van der Waals surface area (Å²) in [6.07, 6.45) is 3.02. The lowest BCUT2D eigenvalue weighted by molar-refractivity contribution is 0.0232. The fourth-order valence-corrected chi connectivity index (χ4v) is 3.53. The Kier molecular flexibility index (Phi) is 6.09. The van der Waals surface area contributed by atoms with Gasteiger partial charge >= 0.3 is 6.09 Å². The molecule has 1 N–H and O–H groups in total. The second-order valence-corrected chi connectivity index (χ2v) is 8.83. The van der Waals surface area contributed by atoms with Crippen LogP contribution in [0.2, 0.25) is 0 Å². The van der Waals surface area contributed by atoms with Gasteiger partial charge in [-0.25, -0.2) is 4.79 Å². The molecule has 1 aromatic heterocycles. The van der Waals surface area contributed by atoms with E-state index in [-0.39, 0.29) is 6.09 Å². The maximum absolute atomic E-state index is 12.3. The molecule has 0 spiro atoms. The third-order valence-electron chi connectivity index (χ3n) is 3.83. The molecular weight excluding hydrogens is 308 g/mol. The minimum absolute atomic E-state index is 0.163. The standard InChI is InChI=1S/C18H30N2O2S/c1-13-11-15(14(2)23-13)12-19-9-6-10-20(16-7-8-16)17(21)22-18(3,4)5/h11,16,19H,6-10,12H2,1-5H3. The van der Waals surface area contributed by atoms with Crippen LogP contribution in [0.25, 0.3) is 0 Å². The molecule has 1 aliphatic carbocycles. The summed E-state index contributed by atoms with van der Waals surface area (Å²) in [5, 5.41) is 3.49. The van der Waals surface area contributed by atoms with Crippen molar-refractivity contribution in [2.45, 2.75) is 72.1 Å². The number of nitrogens with one attached hydrogen (secondary N) is 1. The molecule has 0 radical (unpaired) electrons. The largest absolute Gasteiger partial charge is 0.444 e. The molecule has 0 aliphatic heterocycles. The molecule has 1 amide bonds. The van der Waals surface area contributed by atoms with Gasteiger partial charge in [-0.15, -0.1) is 11.3 Å². The van der Waals surface area contributed by atoms with Crippen molar-refractivity contribution >= 4 is 17.4 Å². The predicted molar refractivity (Wildman–Crippen MR) is 96.1 cm³/mol. The summed E-state index contributed by atoms with van der Waals surface area (Å²) in [4.78, 5) is 16.9. The van der Waals surface area contributed by atoms with E-state index in [0.29, 0.717) is 6.04 Å². The number of amides is 1. The third kappa shape index (κ3) is 6.15. The Balaban J connectivity index is 1.70. The van der Waals surface area contributed by atoms with Gasteiger partial charge in [-0.2, -0.15) is 0 Å². The highest BCUT2D eigenvalue weighted by atomic mass is 32.1. The minimum atomic E-state index is -0.420. The summed E-state index contributed by atoms with van der Waals surface area (Å²) in [6.45, 7) is 12.7. The highest BCUT2D eigenvalue weighted by molar-refractivity contribution is 7.12. The molecule has 1 fully saturated rings. The number of aryl methyl sites for hydroxylation is 2. The second kappa shape index (κ2) is 7.67. The summed E-state index contributed by atoms with van der Waals surface area (Å²) in [6, 6.07) is 2.65. The van der Waals surface area contributed by atoms with Crippen LogP contribution >= 0.6 is 11.3 Å². The van der Waals surface area contributed by atoms with Gasteiger partial charge in [0.05, 0.1) is 0 Å². The first kappa shape index (κ1) is 18.3. The first-order chi connectivity index (χ1) is 10.8. The van der Waals surface area contributed by atoms with E-state index < -0.39 is 5.60 Å². The molecule has 0 unspecified atom stereocenters. The number of nitrogens with zero attached hydrogens (tertiary/aromatic N) is 1. The fraction of sp³-hybridized carbons (Fsp3) is 0.722. The van der Waals surface area contributed by atoms with Gasteiger partial charge in [0.25, 0.3) is 0 Å². The Hall–Kier alpha value is -1.07. The van der Waals surface area contributed by atoms with Crippen LogP contribution in [0.4, 0.5) is 4.79 Å². The topological polar surface area (TPSA) is 41.6 Å². The number of carbonyl (C=O) groups excluding carboxylic acids is 1. The minimum Gasteiger partial charge on any atom is -0.444 e. The van der Waals surface area contributed by atoms with E-state index in [1.54, 1.807) is 0 Å². The van der Waals surface area contributed by atoms with Crippen LogP contribution in [0.3, 0.4) is 0 Å². The molecule has 1 saturated carbocycles.